The molecule has 29 heavy (non-hydrogen) atoms. The molecular formula is C24H23N3O2. The molecule has 146 valence electrons. The van der Waals surface area contributed by atoms with Gasteiger partial charge in [-0.2, -0.15) is 0 Å². The van der Waals surface area contributed by atoms with Gasteiger partial charge in [-0.25, -0.2) is 4.79 Å². The number of imide groups is 1. The van der Waals surface area contributed by atoms with Gasteiger partial charge < -0.3 is 9.88 Å². The van der Waals surface area contributed by atoms with Gasteiger partial charge in [0.2, 0.25) is 0 Å². The molecule has 5 heteroatoms. The van der Waals surface area contributed by atoms with Gasteiger partial charge in [-0.3, -0.25) is 9.69 Å². The summed E-state index contributed by atoms with van der Waals surface area (Å²) in [5, 5.41) is 2.72. The van der Waals surface area contributed by atoms with E-state index in [9.17, 15) is 9.59 Å². The highest BCUT2D eigenvalue weighted by Crippen LogP contribution is 2.22. The number of benzene rings is 2. The van der Waals surface area contributed by atoms with Crippen molar-refractivity contribution in [2.45, 2.75) is 26.9 Å². The van der Waals surface area contributed by atoms with E-state index in [1.807, 2.05) is 61.5 Å². The fourth-order valence-corrected chi connectivity index (χ4v) is 3.62. The van der Waals surface area contributed by atoms with Crippen LogP contribution in [-0.2, 0) is 17.9 Å². The Kier molecular flexibility index (Phi) is 5.04. The number of nitrogens with one attached hydrogen (secondary N) is 1. The number of aromatic nitrogens is 1. The standard InChI is InChI=1S/C24H23N3O2/c1-17-13-21(18(2)26(17)15-19-9-5-3-6-10-19)14-22-23(28)27(24(29)25-22)16-20-11-7-4-8-12-20/h3-14H,15-16H2,1-2H3,(H,25,29)/b22-14+. The lowest BCUT2D eigenvalue weighted by atomic mass is 10.2. The van der Waals surface area contributed by atoms with Crippen LogP contribution < -0.4 is 5.32 Å². The molecule has 5 nitrogen and oxygen atoms in total. The van der Waals surface area contributed by atoms with Crippen molar-refractivity contribution in [2.24, 2.45) is 0 Å². The number of hydrogen-bond acceptors (Lipinski definition) is 2. The summed E-state index contributed by atoms with van der Waals surface area (Å²) in [6.45, 7) is 5.11. The van der Waals surface area contributed by atoms with Crippen LogP contribution in [0.3, 0.4) is 0 Å². The lowest BCUT2D eigenvalue weighted by molar-refractivity contribution is -0.123. The Labute approximate surface area is 170 Å². The summed E-state index contributed by atoms with van der Waals surface area (Å²) in [7, 11) is 0. The van der Waals surface area contributed by atoms with Crippen molar-refractivity contribution in [3.8, 4) is 0 Å². The van der Waals surface area contributed by atoms with Crippen LogP contribution in [0.1, 0.15) is 28.1 Å². The molecule has 1 aliphatic heterocycles. The van der Waals surface area contributed by atoms with Crippen LogP contribution in [0, 0.1) is 13.8 Å². The Morgan fingerprint density at radius 3 is 2.07 bits per heavy atom. The van der Waals surface area contributed by atoms with Crippen LogP contribution in [0.5, 0.6) is 0 Å². The molecular weight excluding hydrogens is 362 g/mol. The summed E-state index contributed by atoms with van der Waals surface area (Å²) in [5.41, 5.74) is 5.54. The first-order chi connectivity index (χ1) is 14.0. The fraction of sp³-hybridized carbons (Fsp3) is 0.167. The molecule has 0 unspecified atom stereocenters. The molecule has 0 aliphatic carbocycles. The van der Waals surface area contributed by atoms with Crippen LogP contribution in [-0.4, -0.2) is 21.4 Å². The number of urea groups is 1. The van der Waals surface area contributed by atoms with Gasteiger partial charge in [0.05, 0.1) is 6.54 Å². The van der Waals surface area contributed by atoms with E-state index >= 15 is 0 Å². The molecule has 0 spiro atoms. The number of nitrogens with zero attached hydrogens (tertiary/aromatic N) is 2. The highest BCUT2D eigenvalue weighted by Gasteiger charge is 2.33. The lowest BCUT2D eigenvalue weighted by Crippen LogP contribution is -2.30. The quantitative estimate of drug-likeness (QED) is 0.527. The molecule has 1 aliphatic rings. The summed E-state index contributed by atoms with van der Waals surface area (Å²) < 4.78 is 2.21. The van der Waals surface area contributed by atoms with Gasteiger partial charge in [0.1, 0.15) is 5.70 Å². The van der Waals surface area contributed by atoms with E-state index in [1.165, 1.54) is 10.5 Å². The third-order valence-corrected chi connectivity index (χ3v) is 5.24. The van der Waals surface area contributed by atoms with Crippen molar-refractivity contribution in [1.82, 2.24) is 14.8 Å². The van der Waals surface area contributed by atoms with Crippen molar-refractivity contribution < 1.29 is 9.59 Å². The van der Waals surface area contributed by atoms with Crippen molar-refractivity contribution in [3.63, 3.8) is 0 Å². The van der Waals surface area contributed by atoms with Crippen LogP contribution in [0.2, 0.25) is 0 Å². The second-order valence-corrected chi connectivity index (χ2v) is 7.26. The highest BCUT2D eigenvalue weighted by atomic mass is 16.2. The molecule has 0 bridgehead atoms. The minimum absolute atomic E-state index is 0.260. The van der Waals surface area contributed by atoms with Gasteiger partial charge in [0, 0.05) is 17.9 Å². The molecule has 1 N–H and O–H groups in total. The molecule has 1 saturated heterocycles. The SMILES string of the molecule is Cc1cc(/C=C2/NC(=O)N(Cc3ccccc3)C2=O)c(C)n1Cc1ccccc1. The first-order valence-electron chi connectivity index (χ1n) is 9.62. The maximum atomic E-state index is 12.8. The zero-order chi connectivity index (χ0) is 20.4. The lowest BCUT2D eigenvalue weighted by Gasteiger charge is -2.11. The second kappa shape index (κ2) is 7.80. The number of carbonyl (C=O) groups is 2. The molecule has 2 heterocycles. The Bertz CT molecular complexity index is 1080. The van der Waals surface area contributed by atoms with Crippen LogP contribution in [0.15, 0.2) is 72.4 Å². The predicted octanol–water partition coefficient (Wildman–Crippen LogP) is 4.25. The fourth-order valence-electron chi connectivity index (χ4n) is 3.62. The molecule has 1 fully saturated rings. The topological polar surface area (TPSA) is 54.3 Å². The minimum Gasteiger partial charge on any atom is -0.344 e. The van der Waals surface area contributed by atoms with E-state index in [4.69, 9.17) is 0 Å². The monoisotopic (exact) mass is 385 g/mol. The smallest absolute Gasteiger partial charge is 0.329 e. The summed E-state index contributed by atoms with van der Waals surface area (Å²) in [6, 6.07) is 21.4. The van der Waals surface area contributed by atoms with Crippen molar-refractivity contribution in [2.75, 3.05) is 0 Å². The van der Waals surface area contributed by atoms with Gasteiger partial charge >= 0.3 is 6.03 Å². The van der Waals surface area contributed by atoms with Crippen LogP contribution in [0.4, 0.5) is 4.79 Å². The maximum absolute atomic E-state index is 12.8. The molecule has 3 amide bonds. The molecule has 4 rings (SSSR count). The zero-order valence-electron chi connectivity index (χ0n) is 16.6. The predicted molar refractivity (Wildman–Crippen MR) is 113 cm³/mol. The first kappa shape index (κ1) is 18.7. The molecule has 0 saturated carbocycles. The zero-order valence-corrected chi connectivity index (χ0v) is 16.6. The number of carbonyl (C=O) groups excluding carboxylic acids is 2. The Hall–Kier alpha value is -3.60. The van der Waals surface area contributed by atoms with Crippen molar-refractivity contribution >= 4 is 18.0 Å². The number of rotatable bonds is 5. The summed E-state index contributed by atoms with van der Waals surface area (Å²) in [4.78, 5) is 26.4. The van der Waals surface area contributed by atoms with Gasteiger partial charge in [0.15, 0.2) is 0 Å². The van der Waals surface area contributed by atoms with Crippen molar-refractivity contribution in [3.05, 3.63) is 101 Å². The summed E-state index contributed by atoms with van der Waals surface area (Å²) in [6.07, 6.45) is 1.77. The van der Waals surface area contributed by atoms with E-state index in [1.54, 1.807) is 6.08 Å². The van der Waals surface area contributed by atoms with E-state index in [2.05, 4.69) is 28.9 Å². The maximum Gasteiger partial charge on any atom is 0.329 e. The number of amides is 3. The van der Waals surface area contributed by atoms with Gasteiger partial charge in [-0.15, -0.1) is 0 Å². The van der Waals surface area contributed by atoms with Gasteiger partial charge in [-0.05, 0) is 42.7 Å². The molecule has 3 aromatic rings. The molecule has 2 aromatic carbocycles. The van der Waals surface area contributed by atoms with E-state index in [0.717, 1.165) is 29.1 Å². The van der Waals surface area contributed by atoms with Gasteiger partial charge in [0.25, 0.3) is 5.91 Å². The normalized spacial score (nSPS) is 15.2. The van der Waals surface area contributed by atoms with Crippen LogP contribution in [0.25, 0.3) is 6.08 Å². The third kappa shape index (κ3) is 3.85. The van der Waals surface area contributed by atoms with Gasteiger partial charge in [-0.1, -0.05) is 60.7 Å². The second-order valence-electron chi connectivity index (χ2n) is 7.26. The average Bonchev–Trinajstić information content (AvgIpc) is 3.14. The van der Waals surface area contributed by atoms with Crippen molar-refractivity contribution in [1.29, 1.82) is 0 Å². The Morgan fingerprint density at radius 2 is 1.45 bits per heavy atom. The summed E-state index contributed by atoms with van der Waals surface area (Å²) in [5.74, 6) is -0.299. The first-order valence-corrected chi connectivity index (χ1v) is 9.62. The minimum atomic E-state index is -0.386. The van der Waals surface area contributed by atoms with Crippen LogP contribution >= 0.6 is 0 Å². The van der Waals surface area contributed by atoms with E-state index in [-0.39, 0.29) is 18.5 Å². The number of aryl methyl sites for hydroxylation is 1. The third-order valence-electron chi connectivity index (χ3n) is 5.24. The van der Waals surface area contributed by atoms with E-state index < -0.39 is 0 Å². The van der Waals surface area contributed by atoms with E-state index in [0.29, 0.717) is 5.70 Å². The largest absolute Gasteiger partial charge is 0.344 e. The molecule has 0 radical (unpaired) electrons. The highest BCUT2D eigenvalue weighted by molar-refractivity contribution is 6.13. The Morgan fingerprint density at radius 1 is 0.862 bits per heavy atom. The summed E-state index contributed by atoms with van der Waals surface area (Å²) >= 11 is 0. The Balaban J connectivity index is 1.57. The average molecular weight is 385 g/mol. The number of hydrogen-bond donors (Lipinski definition) is 1. The molecule has 0 atom stereocenters. The molecule has 1 aromatic heterocycles.